The molecule has 1 fully saturated rings. The van der Waals surface area contributed by atoms with Gasteiger partial charge in [-0.15, -0.1) is 0 Å². The lowest BCUT2D eigenvalue weighted by Crippen LogP contribution is -2.26. The third-order valence-electron chi connectivity index (χ3n) is 3.09. The van der Waals surface area contributed by atoms with Crippen molar-refractivity contribution in [3.63, 3.8) is 0 Å². The smallest absolute Gasteiger partial charge is 0.0786 e. The molecule has 1 aromatic carbocycles. The van der Waals surface area contributed by atoms with Gasteiger partial charge in [-0.25, -0.2) is 0 Å². The highest BCUT2D eigenvalue weighted by molar-refractivity contribution is 6.42. The van der Waals surface area contributed by atoms with Gasteiger partial charge < -0.3 is 10.1 Å². The molecule has 2 atom stereocenters. The molecule has 0 aromatic heterocycles. The fraction of sp³-hybridized carbons (Fsp3) is 0.462. The largest absolute Gasteiger partial charge is 0.375 e. The van der Waals surface area contributed by atoms with E-state index >= 15 is 0 Å². The number of nitrogens with one attached hydrogen (secondary N) is 1. The summed E-state index contributed by atoms with van der Waals surface area (Å²) in [6.45, 7) is 2.22. The molecule has 0 spiro atoms. The monoisotopic (exact) mass is 284 g/mol. The van der Waals surface area contributed by atoms with Gasteiger partial charge in [0.15, 0.2) is 0 Å². The quantitative estimate of drug-likeness (QED) is 0.908. The minimum absolute atomic E-state index is 0.0951. The van der Waals surface area contributed by atoms with Gasteiger partial charge in [-0.1, -0.05) is 29.3 Å². The minimum Gasteiger partial charge on any atom is -0.375 e. The number of nitriles is 1. The predicted molar refractivity (Wildman–Crippen MR) is 72.0 cm³/mol. The SMILES string of the molecule is N#CC[C@@H]1OCCNC[C@@H]1c1ccc(Cl)c(Cl)c1. The number of rotatable bonds is 2. The fourth-order valence-electron chi connectivity index (χ4n) is 2.15. The molecule has 96 valence electrons. The second-order valence-electron chi connectivity index (χ2n) is 4.26. The Morgan fingerprint density at radius 2 is 2.22 bits per heavy atom. The molecule has 0 amide bonds. The third-order valence-corrected chi connectivity index (χ3v) is 3.83. The van der Waals surface area contributed by atoms with Crippen LogP contribution in [0.15, 0.2) is 18.2 Å². The maximum atomic E-state index is 8.88. The molecule has 1 saturated heterocycles. The van der Waals surface area contributed by atoms with Crippen LogP contribution in [0.2, 0.25) is 10.0 Å². The van der Waals surface area contributed by atoms with Crippen LogP contribution in [0.4, 0.5) is 0 Å². The van der Waals surface area contributed by atoms with Gasteiger partial charge in [-0.2, -0.15) is 5.26 Å². The minimum atomic E-state index is -0.0951. The second kappa shape index (κ2) is 6.40. The Hall–Kier alpha value is -0.790. The summed E-state index contributed by atoms with van der Waals surface area (Å²) in [4.78, 5) is 0. The summed E-state index contributed by atoms with van der Waals surface area (Å²) in [7, 11) is 0. The molecule has 18 heavy (non-hydrogen) atoms. The Labute approximate surface area is 117 Å². The summed E-state index contributed by atoms with van der Waals surface area (Å²) < 4.78 is 5.72. The normalized spacial score (nSPS) is 24.3. The molecule has 0 saturated carbocycles. The maximum absolute atomic E-state index is 8.88. The summed E-state index contributed by atoms with van der Waals surface area (Å²) in [5, 5.41) is 13.3. The molecule has 1 heterocycles. The first-order valence-corrected chi connectivity index (χ1v) is 6.62. The fourth-order valence-corrected chi connectivity index (χ4v) is 2.46. The van der Waals surface area contributed by atoms with Gasteiger partial charge in [0.25, 0.3) is 0 Å². The highest BCUT2D eigenvalue weighted by Gasteiger charge is 2.26. The van der Waals surface area contributed by atoms with Crippen molar-refractivity contribution in [2.45, 2.75) is 18.4 Å². The molecule has 3 nitrogen and oxygen atoms in total. The van der Waals surface area contributed by atoms with Crippen LogP contribution in [0.1, 0.15) is 17.9 Å². The molecule has 0 unspecified atom stereocenters. The number of hydrogen-bond acceptors (Lipinski definition) is 3. The molecule has 1 aliphatic heterocycles. The van der Waals surface area contributed by atoms with Crippen LogP contribution in [0.5, 0.6) is 0 Å². The van der Waals surface area contributed by atoms with Crippen molar-refractivity contribution < 1.29 is 4.74 Å². The van der Waals surface area contributed by atoms with E-state index in [2.05, 4.69) is 11.4 Å². The number of hydrogen-bond donors (Lipinski definition) is 1. The van der Waals surface area contributed by atoms with Gasteiger partial charge in [0, 0.05) is 19.0 Å². The summed E-state index contributed by atoms with van der Waals surface area (Å²) in [5.41, 5.74) is 1.05. The Bertz CT molecular complexity index is 459. The van der Waals surface area contributed by atoms with Crippen LogP contribution >= 0.6 is 23.2 Å². The standard InChI is InChI=1S/C13H14Cl2N2O/c14-11-2-1-9(7-12(11)15)10-8-17-5-6-18-13(10)3-4-16/h1-2,7,10,13,17H,3,5-6,8H2/t10-,13+/m1/s1. The first-order chi connectivity index (χ1) is 8.72. The first kappa shape index (κ1) is 13.6. The van der Waals surface area contributed by atoms with Gasteiger partial charge in [-0.05, 0) is 17.7 Å². The Morgan fingerprint density at radius 1 is 1.39 bits per heavy atom. The number of benzene rings is 1. The van der Waals surface area contributed by atoms with Crippen molar-refractivity contribution in [3.05, 3.63) is 33.8 Å². The van der Waals surface area contributed by atoms with Crippen molar-refractivity contribution in [1.29, 1.82) is 5.26 Å². The Kier molecular flexibility index (Phi) is 4.85. The van der Waals surface area contributed by atoms with E-state index in [9.17, 15) is 0 Å². The summed E-state index contributed by atoms with van der Waals surface area (Å²) >= 11 is 12.0. The molecular formula is C13H14Cl2N2O. The molecule has 5 heteroatoms. The molecule has 1 aliphatic rings. The molecule has 0 bridgehead atoms. The lowest BCUT2D eigenvalue weighted by Gasteiger charge is -2.23. The average Bonchev–Trinajstić information content (AvgIpc) is 2.59. The van der Waals surface area contributed by atoms with Crippen molar-refractivity contribution in [3.8, 4) is 6.07 Å². The average molecular weight is 285 g/mol. The zero-order valence-corrected chi connectivity index (χ0v) is 11.3. The summed E-state index contributed by atoms with van der Waals surface area (Å²) in [5.74, 6) is 0.127. The second-order valence-corrected chi connectivity index (χ2v) is 5.07. The first-order valence-electron chi connectivity index (χ1n) is 5.86. The van der Waals surface area contributed by atoms with Crippen LogP contribution in [-0.4, -0.2) is 25.8 Å². The van der Waals surface area contributed by atoms with E-state index in [0.717, 1.165) is 18.7 Å². The molecule has 1 N–H and O–H groups in total. The zero-order chi connectivity index (χ0) is 13.0. The highest BCUT2D eigenvalue weighted by Crippen LogP contribution is 2.30. The Morgan fingerprint density at radius 3 is 2.94 bits per heavy atom. The van der Waals surface area contributed by atoms with Crippen LogP contribution in [0.25, 0.3) is 0 Å². The van der Waals surface area contributed by atoms with Crippen LogP contribution in [0.3, 0.4) is 0 Å². The molecular weight excluding hydrogens is 271 g/mol. The van der Waals surface area contributed by atoms with E-state index in [4.69, 9.17) is 33.2 Å². The summed E-state index contributed by atoms with van der Waals surface area (Å²) in [6.07, 6.45) is 0.286. The van der Waals surface area contributed by atoms with E-state index in [1.54, 1.807) is 6.07 Å². The van der Waals surface area contributed by atoms with Crippen molar-refractivity contribution in [2.24, 2.45) is 0 Å². The van der Waals surface area contributed by atoms with E-state index in [1.807, 2.05) is 12.1 Å². The topological polar surface area (TPSA) is 45.0 Å². The lowest BCUT2D eigenvalue weighted by molar-refractivity contribution is 0.0557. The summed E-state index contributed by atoms with van der Waals surface area (Å²) in [6, 6.07) is 7.76. The number of nitrogens with zero attached hydrogens (tertiary/aromatic N) is 1. The van der Waals surface area contributed by atoms with Gasteiger partial charge in [-0.3, -0.25) is 0 Å². The van der Waals surface area contributed by atoms with Crippen molar-refractivity contribution in [1.82, 2.24) is 5.32 Å². The van der Waals surface area contributed by atoms with Gasteiger partial charge >= 0.3 is 0 Å². The van der Waals surface area contributed by atoms with E-state index in [-0.39, 0.29) is 12.0 Å². The lowest BCUT2D eigenvalue weighted by atomic mass is 9.92. The van der Waals surface area contributed by atoms with Crippen LogP contribution < -0.4 is 5.32 Å². The predicted octanol–water partition coefficient (Wildman–Crippen LogP) is 2.98. The van der Waals surface area contributed by atoms with Gasteiger partial charge in [0.1, 0.15) is 0 Å². The van der Waals surface area contributed by atoms with Gasteiger partial charge in [0.2, 0.25) is 0 Å². The van der Waals surface area contributed by atoms with Gasteiger partial charge in [0.05, 0.1) is 35.2 Å². The van der Waals surface area contributed by atoms with E-state index in [0.29, 0.717) is 23.1 Å². The zero-order valence-electron chi connectivity index (χ0n) is 9.83. The van der Waals surface area contributed by atoms with Crippen LogP contribution in [-0.2, 0) is 4.74 Å². The maximum Gasteiger partial charge on any atom is 0.0786 e. The molecule has 2 rings (SSSR count). The number of halogens is 2. The van der Waals surface area contributed by atoms with Crippen molar-refractivity contribution in [2.75, 3.05) is 19.7 Å². The molecule has 0 aliphatic carbocycles. The third kappa shape index (κ3) is 3.15. The Balaban J connectivity index is 2.26. The number of ether oxygens (including phenoxy) is 1. The highest BCUT2D eigenvalue weighted by atomic mass is 35.5. The van der Waals surface area contributed by atoms with E-state index in [1.165, 1.54) is 0 Å². The van der Waals surface area contributed by atoms with Crippen molar-refractivity contribution >= 4 is 23.2 Å². The van der Waals surface area contributed by atoms with Crippen LogP contribution in [0, 0.1) is 11.3 Å². The van der Waals surface area contributed by atoms with E-state index < -0.39 is 0 Å². The molecule has 1 aromatic rings. The molecule has 0 radical (unpaired) electrons.